The van der Waals surface area contributed by atoms with Crippen LogP contribution in [0.15, 0.2) is 79.0 Å². The number of pyridine rings is 1. The number of amides is 1. The molecule has 1 saturated heterocycles. The zero-order valence-corrected chi connectivity index (χ0v) is 26.5. The summed E-state index contributed by atoms with van der Waals surface area (Å²) in [6.45, 7) is 1.36. The number of nitrogens with one attached hydrogen (secondary N) is 1. The van der Waals surface area contributed by atoms with Gasteiger partial charge in [0.25, 0.3) is 0 Å². The number of para-hydroxylation sites is 1. The van der Waals surface area contributed by atoms with Crippen LogP contribution in [0.25, 0.3) is 22.2 Å². The third kappa shape index (κ3) is 6.09. The number of benzene rings is 3. The molecule has 5 aromatic rings. The van der Waals surface area contributed by atoms with E-state index in [4.69, 9.17) is 24.3 Å². The first-order chi connectivity index (χ1) is 21.4. The number of carboxylic acid groups (broad SMARTS) is 1. The van der Waals surface area contributed by atoms with Gasteiger partial charge in [-0.2, -0.15) is 5.10 Å². The predicted molar refractivity (Wildman–Crippen MR) is 177 cm³/mol. The number of fused-ring (bicyclic) bond motifs is 1. The molecule has 44 heavy (non-hydrogen) atoms. The van der Waals surface area contributed by atoms with Gasteiger partial charge < -0.3 is 29.5 Å². The second-order valence-electron chi connectivity index (χ2n) is 10.5. The second-order valence-corrected chi connectivity index (χ2v) is 11.6. The summed E-state index contributed by atoms with van der Waals surface area (Å²) >= 11 is 2.29. The van der Waals surface area contributed by atoms with E-state index in [0.717, 1.165) is 49.9 Å². The van der Waals surface area contributed by atoms with Gasteiger partial charge in [0.15, 0.2) is 0 Å². The van der Waals surface area contributed by atoms with Crippen LogP contribution in [0, 0.1) is 3.57 Å². The van der Waals surface area contributed by atoms with Crippen molar-refractivity contribution in [2.24, 2.45) is 0 Å². The molecule has 1 atom stereocenters. The van der Waals surface area contributed by atoms with Crippen molar-refractivity contribution < 1.29 is 24.1 Å². The molecule has 1 aliphatic rings. The van der Waals surface area contributed by atoms with Crippen LogP contribution in [0.4, 0.5) is 10.6 Å². The van der Waals surface area contributed by atoms with Gasteiger partial charge in [-0.1, -0.05) is 18.2 Å². The van der Waals surface area contributed by atoms with Crippen molar-refractivity contribution in [3.8, 4) is 34.3 Å². The number of rotatable bonds is 9. The highest BCUT2D eigenvalue weighted by atomic mass is 127. The third-order valence-corrected chi connectivity index (χ3v) is 8.53. The Morgan fingerprint density at radius 2 is 1.77 bits per heavy atom. The highest BCUT2D eigenvalue weighted by Crippen LogP contribution is 2.39. The fourth-order valence-corrected chi connectivity index (χ4v) is 6.20. The van der Waals surface area contributed by atoms with E-state index in [1.54, 1.807) is 14.2 Å². The van der Waals surface area contributed by atoms with E-state index in [-0.39, 0.29) is 6.04 Å². The fourth-order valence-electron chi connectivity index (χ4n) is 5.55. The number of piperidine rings is 1. The van der Waals surface area contributed by atoms with Crippen molar-refractivity contribution in [1.29, 1.82) is 0 Å². The summed E-state index contributed by atoms with van der Waals surface area (Å²) in [6.07, 6.45) is 2.51. The van der Waals surface area contributed by atoms with Crippen LogP contribution in [-0.4, -0.2) is 58.2 Å². The van der Waals surface area contributed by atoms with Crippen LogP contribution in [0.1, 0.15) is 24.4 Å². The Hall–Kier alpha value is -4.52. The minimum atomic E-state index is -0.910. The van der Waals surface area contributed by atoms with E-state index in [0.29, 0.717) is 42.7 Å². The topological polar surface area (TPSA) is 111 Å². The smallest absolute Gasteiger partial charge is 0.407 e. The minimum absolute atomic E-state index is 0.109. The maximum Gasteiger partial charge on any atom is 0.407 e. The molecule has 0 radical (unpaired) electrons. The molecular formula is C33H32IN5O5. The lowest BCUT2D eigenvalue weighted by Crippen LogP contribution is -2.40. The van der Waals surface area contributed by atoms with Crippen LogP contribution in [0.3, 0.4) is 0 Å². The molecule has 11 heteroatoms. The molecule has 0 saturated carbocycles. The molecule has 2 N–H and O–H groups in total. The summed E-state index contributed by atoms with van der Waals surface area (Å²) < 4.78 is 19.9. The van der Waals surface area contributed by atoms with Gasteiger partial charge in [-0.05, 0) is 84.0 Å². The Morgan fingerprint density at radius 3 is 2.50 bits per heavy atom. The first-order valence-electron chi connectivity index (χ1n) is 14.3. The maximum atomic E-state index is 11.9. The molecule has 1 aliphatic heterocycles. The molecule has 0 unspecified atom stereocenters. The van der Waals surface area contributed by atoms with Crippen molar-refractivity contribution in [2.45, 2.75) is 25.4 Å². The maximum absolute atomic E-state index is 11.9. The summed E-state index contributed by atoms with van der Waals surface area (Å²) in [5.41, 5.74) is 3.52. The Labute approximate surface area is 268 Å². The number of carbonyl (C=O) groups is 1. The van der Waals surface area contributed by atoms with Crippen LogP contribution in [0.2, 0.25) is 0 Å². The molecule has 3 aromatic carbocycles. The molecule has 3 heterocycles. The van der Waals surface area contributed by atoms with Gasteiger partial charge in [-0.3, -0.25) is 4.68 Å². The summed E-state index contributed by atoms with van der Waals surface area (Å²) in [5, 5.41) is 19.3. The number of hydrogen-bond donors (Lipinski definition) is 2. The molecule has 2 aromatic heterocycles. The molecule has 0 bridgehead atoms. The summed E-state index contributed by atoms with van der Waals surface area (Å²) in [4.78, 5) is 18.1. The SMILES string of the molecule is COc1ccc(CNc2ncc(I)c3c2c(-c2ccc(Oc4ccccc4)cc2)nn3[C@@H]2CCCN(C(=O)O)C2)c(OC)c1. The standard InChI is InChI=1S/C33H32IN5O5/c1-42-26-15-12-22(28(17-26)43-2)18-35-32-29-30(21-10-13-25(14-11-21)44-24-8-4-3-5-9-24)37-39(31(29)27(34)19-36-32)23-7-6-16-38(20-23)33(40)41/h3-5,8-15,17,19,23H,6-7,16,18,20H2,1-2H3,(H,35,36)(H,40,41)/t23-/m1/s1. The molecule has 1 fully saturated rings. The first-order valence-corrected chi connectivity index (χ1v) is 15.4. The Balaban J connectivity index is 1.42. The Morgan fingerprint density at radius 1 is 1.02 bits per heavy atom. The van der Waals surface area contributed by atoms with E-state index >= 15 is 0 Å². The third-order valence-electron chi connectivity index (χ3n) is 7.74. The highest BCUT2D eigenvalue weighted by Gasteiger charge is 2.29. The number of hydrogen-bond acceptors (Lipinski definition) is 7. The number of ether oxygens (including phenoxy) is 3. The monoisotopic (exact) mass is 705 g/mol. The normalized spacial score (nSPS) is 14.8. The quantitative estimate of drug-likeness (QED) is 0.152. The molecule has 1 amide bonds. The van der Waals surface area contributed by atoms with Gasteiger partial charge in [0.2, 0.25) is 0 Å². The summed E-state index contributed by atoms with van der Waals surface area (Å²) in [7, 11) is 3.26. The van der Waals surface area contributed by atoms with Gasteiger partial charge in [0.1, 0.15) is 34.5 Å². The molecule has 6 rings (SSSR count). The zero-order chi connectivity index (χ0) is 30.6. The van der Waals surface area contributed by atoms with E-state index < -0.39 is 6.09 Å². The van der Waals surface area contributed by atoms with Gasteiger partial charge in [-0.25, -0.2) is 9.78 Å². The lowest BCUT2D eigenvalue weighted by Gasteiger charge is -2.31. The highest BCUT2D eigenvalue weighted by molar-refractivity contribution is 14.1. The fraction of sp³-hybridized carbons (Fsp3) is 0.242. The zero-order valence-electron chi connectivity index (χ0n) is 24.4. The van der Waals surface area contributed by atoms with Gasteiger partial charge in [0.05, 0.1) is 34.7 Å². The molecule has 0 aliphatic carbocycles. The van der Waals surface area contributed by atoms with Crippen molar-refractivity contribution in [3.63, 3.8) is 0 Å². The summed E-state index contributed by atoms with van der Waals surface area (Å²) in [5.74, 6) is 3.57. The van der Waals surface area contributed by atoms with E-state index in [9.17, 15) is 9.90 Å². The second kappa shape index (κ2) is 13.0. The van der Waals surface area contributed by atoms with Crippen LogP contribution < -0.4 is 19.5 Å². The van der Waals surface area contributed by atoms with Crippen LogP contribution >= 0.6 is 22.6 Å². The number of likely N-dealkylation sites (tertiary alicyclic amines) is 1. The van der Waals surface area contributed by atoms with E-state index in [1.165, 1.54) is 4.90 Å². The number of aromatic nitrogens is 3. The summed E-state index contributed by atoms with van der Waals surface area (Å²) in [6, 6.07) is 23.1. The number of anilines is 1. The molecule has 226 valence electrons. The largest absolute Gasteiger partial charge is 0.497 e. The van der Waals surface area contributed by atoms with E-state index in [2.05, 4.69) is 27.9 Å². The van der Waals surface area contributed by atoms with Crippen molar-refractivity contribution in [2.75, 3.05) is 32.6 Å². The lowest BCUT2D eigenvalue weighted by atomic mass is 10.1. The molecule has 10 nitrogen and oxygen atoms in total. The molecular weight excluding hydrogens is 673 g/mol. The van der Waals surface area contributed by atoms with E-state index in [1.807, 2.05) is 83.7 Å². The number of methoxy groups -OCH3 is 2. The first kappa shape index (κ1) is 29.5. The Kier molecular flexibility index (Phi) is 8.73. The van der Waals surface area contributed by atoms with Crippen LogP contribution in [0.5, 0.6) is 23.0 Å². The average molecular weight is 706 g/mol. The number of halogens is 1. The van der Waals surface area contributed by atoms with Crippen LogP contribution in [-0.2, 0) is 6.54 Å². The van der Waals surface area contributed by atoms with Gasteiger partial charge in [-0.15, -0.1) is 0 Å². The van der Waals surface area contributed by atoms with Gasteiger partial charge >= 0.3 is 6.09 Å². The Bertz CT molecular complexity index is 1780. The van der Waals surface area contributed by atoms with Gasteiger partial charge in [0, 0.05) is 43.0 Å². The predicted octanol–water partition coefficient (Wildman–Crippen LogP) is 7.44. The van der Waals surface area contributed by atoms with Crippen molar-refractivity contribution in [1.82, 2.24) is 19.7 Å². The number of nitrogens with zero attached hydrogens (tertiary/aromatic N) is 4. The molecule has 0 spiro atoms. The van der Waals surface area contributed by atoms with Crippen molar-refractivity contribution in [3.05, 3.63) is 88.1 Å². The minimum Gasteiger partial charge on any atom is -0.497 e. The van der Waals surface area contributed by atoms with Crippen molar-refractivity contribution >= 4 is 45.4 Å². The average Bonchev–Trinajstić information content (AvgIpc) is 3.47. The lowest BCUT2D eigenvalue weighted by molar-refractivity contribution is 0.120.